The molecule has 0 aromatic rings. The summed E-state index contributed by atoms with van der Waals surface area (Å²) in [4.78, 5) is 0. The zero-order valence-electron chi connectivity index (χ0n) is 11.6. The van der Waals surface area contributed by atoms with E-state index in [0.717, 1.165) is 17.5 Å². The minimum absolute atomic E-state index is 0.0686. The van der Waals surface area contributed by atoms with Gasteiger partial charge in [-0.05, 0) is 24.7 Å². The SMILES string of the molecule is CC1=CC(OC(CI)OCC(C)C)CC1(C)C. The van der Waals surface area contributed by atoms with Crippen molar-refractivity contribution in [3.05, 3.63) is 11.6 Å². The summed E-state index contributed by atoms with van der Waals surface area (Å²) < 4.78 is 12.7. The monoisotopic (exact) mass is 352 g/mol. The first-order valence-electron chi connectivity index (χ1n) is 6.37. The molecule has 17 heavy (non-hydrogen) atoms. The lowest BCUT2D eigenvalue weighted by molar-refractivity contribution is -0.151. The highest BCUT2D eigenvalue weighted by Crippen LogP contribution is 2.39. The molecule has 0 amide bonds. The second-order valence-corrected chi connectivity index (χ2v) is 6.80. The van der Waals surface area contributed by atoms with Crippen LogP contribution in [-0.4, -0.2) is 23.4 Å². The highest BCUT2D eigenvalue weighted by Gasteiger charge is 2.32. The molecule has 0 saturated heterocycles. The normalized spacial score (nSPS) is 25.1. The number of halogens is 1. The van der Waals surface area contributed by atoms with Crippen molar-refractivity contribution in [1.82, 2.24) is 0 Å². The summed E-state index contributed by atoms with van der Waals surface area (Å²) in [6, 6.07) is 0. The van der Waals surface area contributed by atoms with Gasteiger partial charge in [0.15, 0.2) is 6.29 Å². The number of ether oxygens (including phenoxy) is 2. The average molecular weight is 352 g/mol. The molecule has 1 aliphatic rings. The number of rotatable bonds is 6. The predicted molar refractivity (Wildman–Crippen MR) is 80.5 cm³/mol. The number of allylic oxidation sites excluding steroid dienone is 1. The maximum absolute atomic E-state index is 6.01. The summed E-state index contributed by atoms with van der Waals surface area (Å²) in [5.41, 5.74) is 1.71. The third kappa shape index (κ3) is 4.87. The smallest absolute Gasteiger partial charge is 0.167 e. The molecule has 3 heteroatoms. The van der Waals surface area contributed by atoms with Gasteiger partial charge in [-0.1, -0.05) is 61.9 Å². The van der Waals surface area contributed by atoms with Crippen LogP contribution in [0, 0.1) is 11.3 Å². The molecule has 0 saturated carbocycles. The van der Waals surface area contributed by atoms with Crippen LogP contribution in [0.3, 0.4) is 0 Å². The third-order valence-electron chi connectivity index (χ3n) is 3.28. The summed E-state index contributed by atoms with van der Waals surface area (Å²) in [6.45, 7) is 11.8. The van der Waals surface area contributed by atoms with Crippen LogP contribution in [-0.2, 0) is 9.47 Å². The van der Waals surface area contributed by atoms with Gasteiger partial charge in [0.05, 0.1) is 17.1 Å². The van der Waals surface area contributed by atoms with Crippen LogP contribution < -0.4 is 0 Å². The van der Waals surface area contributed by atoms with Crippen molar-refractivity contribution in [2.24, 2.45) is 11.3 Å². The van der Waals surface area contributed by atoms with Crippen molar-refractivity contribution in [2.45, 2.75) is 53.4 Å². The first-order valence-corrected chi connectivity index (χ1v) is 7.89. The van der Waals surface area contributed by atoms with Crippen molar-refractivity contribution in [3.8, 4) is 0 Å². The molecule has 0 spiro atoms. The average Bonchev–Trinajstić information content (AvgIpc) is 2.47. The Morgan fingerprint density at radius 1 is 1.47 bits per heavy atom. The largest absolute Gasteiger partial charge is 0.352 e. The van der Waals surface area contributed by atoms with Crippen LogP contribution in [0.2, 0.25) is 0 Å². The zero-order chi connectivity index (χ0) is 13.1. The molecule has 0 aromatic carbocycles. The molecule has 0 aliphatic heterocycles. The van der Waals surface area contributed by atoms with Gasteiger partial charge in [0.2, 0.25) is 0 Å². The number of alkyl halides is 1. The van der Waals surface area contributed by atoms with Gasteiger partial charge in [0.1, 0.15) is 0 Å². The molecule has 2 nitrogen and oxygen atoms in total. The van der Waals surface area contributed by atoms with Gasteiger partial charge in [0, 0.05) is 0 Å². The molecule has 0 radical (unpaired) electrons. The molecule has 0 N–H and O–H groups in total. The Morgan fingerprint density at radius 2 is 2.12 bits per heavy atom. The second-order valence-electron chi connectivity index (χ2n) is 5.92. The van der Waals surface area contributed by atoms with E-state index in [-0.39, 0.29) is 17.8 Å². The Morgan fingerprint density at radius 3 is 2.53 bits per heavy atom. The predicted octanol–water partition coefficient (Wildman–Crippen LogP) is 4.18. The molecule has 2 atom stereocenters. The molecular weight excluding hydrogens is 327 g/mol. The number of hydrogen-bond donors (Lipinski definition) is 0. The quantitative estimate of drug-likeness (QED) is 0.309. The van der Waals surface area contributed by atoms with E-state index in [4.69, 9.17) is 9.47 Å². The van der Waals surface area contributed by atoms with Crippen molar-refractivity contribution >= 4 is 22.6 Å². The lowest BCUT2D eigenvalue weighted by Gasteiger charge is -2.24. The van der Waals surface area contributed by atoms with Crippen molar-refractivity contribution < 1.29 is 9.47 Å². The van der Waals surface area contributed by atoms with Gasteiger partial charge >= 0.3 is 0 Å². The van der Waals surface area contributed by atoms with Crippen molar-refractivity contribution in [1.29, 1.82) is 0 Å². The van der Waals surface area contributed by atoms with Gasteiger partial charge < -0.3 is 9.47 Å². The highest BCUT2D eigenvalue weighted by atomic mass is 127. The number of hydrogen-bond acceptors (Lipinski definition) is 2. The Hall–Kier alpha value is 0.390. The van der Waals surface area contributed by atoms with Crippen molar-refractivity contribution in [3.63, 3.8) is 0 Å². The van der Waals surface area contributed by atoms with Crippen molar-refractivity contribution in [2.75, 3.05) is 11.0 Å². The fourth-order valence-electron chi connectivity index (χ4n) is 1.93. The lowest BCUT2D eigenvalue weighted by Crippen LogP contribution is -2.26. The van der Waals surface area contributed by atoms with Gasteiger partial charge in [0.25, 0.3) is 0 Å². The van der Waals surface area contributed by atoms with Crippen LogP contribution in [0.1, 0.15) is 41.0 Å². The summed E-state index contributed by atoms with van der Waals surface area (Å²) in [5.74, 6) is 0.557. The highest BCUT2D eigenvalue weighted by molar-refractivity contribution is 14.1. The molecule has 2 unspecified atom stereocenters. The van der Waals surface area contributed by atoms with Crippen LogP contribution in [0.25, 0.3) is 0 Å². The summed E-state index contributed by atoms with van der Waals surface area (Å²) in [7, 11) is 0. The molecule has 0 fully saturated rings. The maximum atomic E-state index is 6.01. The van der Waals surface area contributed by atoms with E-state index in [1.54, 1.807) is 0 Å². The van der Waals surface area contributed by atoms with E-state index in [1.807, 2.05) is 0 Å². The van der Waals surface area contributed by atoms with E-state index in [1.165, 1.54) is 5.57 Å². The first kappa shape index (κ1) is 15.4. The van der Waals surface area contributed by atoms with Crippen LogP contribution in [0.4, 0.5) is 0 Å². The molecule has 100 valence electrons. The zero-order valence-corrected chi connectivity index (χ0v) is 13.8. The Balaban J connectivity index is 2.43. The topological polar surface area (TPSA) is 18.5 Å². The van der Waals surface area contributed by atoms with Gasteiger partial charge in [-0.3, -0.25) is 0 Å². The summed E-state index contributed by atoms with van der Waals surface area (Å²) >= 11 is 2.33. The molecule has 1 aliphatic carbocycles. The van der Waals surface area contributed by atoms with Gasteiger partial charge in [-0.15, -0.1) is 0 Å². The van der Waals surface area contributed by atoms with E-state index < -0.39 is 0 Å². The van der Waals surface area contributed by atoms with Gasteiger partial charge in [-0.2, -0.15) is 0 Å². The first-order chi connectivity index (χ1) is 7.85. The minimum Gasteiger partial charge on any atom is -0.352 e. The Kier molecular flexibility index (Phi) is 5.93. The second kappa shape index (κ2) is 6.53. The summed E-state index contributed by atoms with van der Waals surface area (Å²) in [5, 5.41) is 0. The fourth-order valence-corrected chi connectivity index (χ4v) is 2.39. The van der Waals surface area contributed by atoms with Crippen LogP contribution in [0.15, 0.2) is 11.6 Å². The van der Waals surface area contributed by atoms with Crippen LogP contribution in [0.5, 0.6) is 0 Å². The van der Waals surface area contributed by atoms with E-state index in [9.17, 15) is 0 Å². The van der Waals surface area contributed by atoms with E-state index in [0.29, 0.717) is 5.92 Å². The third-order valence-corrected chi connectivity index (χ3v) is 4.00. The Bertz CT molecular complexity index is 271. The minimum atomic E-state index is -0.0686. The van der Waals surface area contributed by atoms with E-state index in [2.05, 4.69) is 63.3 Å². The lowest BCUT2D eigenvalue weighted by atomic mass is 9.87. The molecule has 1 rings (SSSR count). The molecule has 0 aromatic heterocycles. The van der Waals surface area contributed by atoms with E-state index >= 15 is 0 Å². The summed E-state index contributed by atoms with van der Waals surface area (Å²) in [6.07, 6.45) is 3.47. The standard InChI is InChI=1S/C14H25IO2/c1-10(2)9-16-13(8-15)17-12-6-11(3)14(4,5)7-12/h6,10,12-13H,7-9H2,1-5H3. The molecule has 0 heterocycles. The fraction of sp³-hybridized carbons (Fsp3) is 0.857. The van der Waals surface area contributed by atoms with Crippen LogP contribution >= 0.6 is 22.6 Å². The maximum Gasteiger partial charge on any atom is 0.167 e. The van der Waals surface area contributed by atoms with Gasteiger partial charge in [-0.25, -0.2) is 0 Å². The molecular formula is C14H25IO2. The molecule has 0 bridgehead atoms. The Labute approximate surface area is 119 Å².